The normalized spacial score (nSPS) is 42.4. The molecule has 12 heavy (non-hydrogen) atoms. The van der Waals surface area contributed by atoms with Crippen LogP contribution in [0.4, 0.5) is 0 Å². The molecule has 2 rings (SSSR count). The SMILES string of the molecule is COC1(OC)C2C=CC1C(C)C2. The molecular formula is C10H16O2. The highest BCUT2D eigenvalue weighted by Crippen LogP contribution is 2.52. The fraction of sp³-hybridized carbons (Fsp3) is 0.800. The summed E-state index contributed by atoms with van der Waals surface area (Å²) < 4.78 is 11.0. The Balaban J connectivity index is 2.30. The van der Waals surface area contributed by atoms with Gasteiger partial charge in [-0.1, -0.05) is 19.1 Å². The monoisotopic (exact) mass is 168 g/mol. The third-order valence-corrected chi connectivity index (χ3v) is 3.41. The van der Waals surface area contributed by atoms with Crippen LogP contribution in [0.2, 0.25) is 0 Å². The van der Waals surface area contributed by atoms with Crippen molar-refractivity contribution in [1.29, 1.82) is 0 Å². The van der Waals surface area contributed by atoms with E-state index in [1.54, 1.807) is 14.2 Å². The molecule has 0 radical (unpaired) electrons. The summed E-state index contributed by atoms with van der Waals surface area (Å²) >= 11 is 0. The van der Waals surface area contributed by atoms with Crippen LogP contribution >= 0.6 is 0 Å². The van der Waals surface area contributed by atoms with E-state index in [4.69, 9.17) is 9.47 Å². The van der Waals surface area contributed by atoms with Crippen molar-refractivity contribution >= 4 is 0 Å². The second-order valence-electron chi connectivity index (χ2n) is 3.86. The molecule has 0 N–H and O–H groups in total. The molecule has 3 atom stereocenters. The maximum Gasteiger partial charge on any atom is 0.180 e. The summed E-state index contributed by atoms with van der Waals surface area (Å²) in [7, 11) is 3.49. The van der Waals surface area contributed by atoms with E-state index < -0.39 is 0 Å². The summed E-state index contributed by atoms with van der Waals surface area (Å²) in [6, 6.07) is 0. The van der Waals surface area contributed by atoms with Crippen LogP contribution in [-0.2, 0) is 9.47 Å². The lowest BCUT2D eigenvalue weighted by atomic mass is 9.95. The zero-order chi connectivity index (χ0) is 8.77. The maximum atomic E-state index is 5.52. The average molecular weight is 168 g/mol. The maximum absolute atomic E-state index is 5.52. The van der Waals surface area contributed by atoms with E-state index in [9.17, 15) is 0 Å². The van der Waals surface area contributed by atoms with E-state index in [0.717, 1.165) is 0 Å². The van der Waals surface area contributed by atoms with Crippen LogP contribution in [0.5, 0.6) is 0 Å². The zero-order valence-corrected chi connectivity index (χ0v) is 7.91. The molecule has 2 bridgehead atoms. The highest BCUT2D eigenvalue weighted by molar-refractivity contribution is 5.19. The molecule has 0 saturated heterocycles. The minimum atomic E-state index is -0.334. The number of hydrogen-bond donors (Lipinski definition) is 0. The van der Waals surface area contributed by atoms with Gasteiger partial charge < -0.3 is 9.47 Å². The fourth-order valence-corrected chi connectivity index (χ4v) is 2.80. The first-order chi connectivity index (χ1) is 5.74. The molecule has 0 aromatic carbocycles. The van der Waals surface area contributed by atoms with Gasteiger partial charge in [-0.2, -0.15) is 0 Å². The second kappa shape index (κ2) is 2.57. The number of ether oxygens (including phenoxy) is 2. The molecule has 68 valence electrons. The van der Waals surface area contributed by atoms with Crippen LogP contribution in [0.3, 0.4) is 0 Å². The Morgan fingerprint density at radius 2 is 1.92 bits per heavy atom. The highest BCUT2D eigenvalue weighted by atomic mass is 16.7. The van der Waals surface area contributed by atoms with Gasteiger partial charge >= 0.3 is 0 Å². The van der Waals surface area contributed by atoms with Gasteiger partial charge in [0.25, 0.3) is 0 Å². The Kier molecular flexibility index (Phi) is 1.77. The van der Waals surface area contributed by atoms with Gasteiger partial charge in [0, 0.05) is 26.1 Å². The molecule has 0 heterocycles. The van der Waals surface area contributed by atoms with Crippen molar-refractivity contribution in [2.45, 2.75) is 19.1 Å². The summed E-state index contributed by atoms with van der Waals surface area (Å²) in [5, 5.41) is 0. The van der Waals surface area contributed by atoms with Crippen molar-refractivity contribution in [2.24, 2.45) is 17.8 Å². The highest BCUT2D eigenvalue weighted by Gasteiger charge is 2.56. The largest absolute Gasteiger partial charge is 0.352 e. The summed E-state index contributed by atoms with van der Waals surface area (Å²) in [4.78, 5) is 0. The molecule has 1 saturated carbocycles. The van der Waals surface area contributed by atoms with E-state index in [2.05, 4.69) is 19.1 Å². The van der Waals surface area contributed by atoms with Gasteiger partial charge in [-0.05, 0) is 12.3 Å². The van der Waals surface area contributed by atoms with Crippen LogP contribution in [0.1, 0.15) is 13.3 Å². The topological polar surface area (TPSA) is 18.5 Å². The van der Waals surface area contributed by atoms with E-state index in [1.165, 1.54) is 6.42 Å². The first-order valence-electron chi connectivity index (χ1n) is 4.53. The molecule has 0 aliphatic heterocycles. The summed E-state index contributed by atoms with van der Waals surface area (Å²) in [6.07, 6.45) is 5.67. The molecule has 2 heteroatoms. The lowest BCUT2D eigenvalue weighted by Gasteiger charge is -2.31. The smallest absolute Gasteiger partial charge is 0.180 e. The van der Waals surface area contributed by atoms with Crippen molar-refractivity contribution in [3.05, 3.63) is 12.2 Å². The first kappa shape index (κ1) is 8.27. The Labute approximate surface area is 73.5 Å². The molecule has 1 fully saturated rings. The van der Waals surface area contributed by atoms with Gasteiger partial charge in [0.05, 0.1) is 0 Å². The minimum Gasteiger partial charge on any atom is -0.352 e. The van der Waals surface area contributed by atoms with Gasteiger partial charge in [0.1, 0.15) is 0 Å². The number of methoxy groups -OCH3 is 2. The summed E-state index contributed by atoms with van der Waals surface area (Å²) in [6.45, 7) is 2.26. The summed E-state index contributed by atoms with van der Waals surface area (Å²) in [5.74, 6) is 1.28. The third-order valence-electron chi connectivity index (χ3n) is 3.41. The van der Waals surface area contributed by atoms with E-state index in [-0.39, 0.29) is 5.79 Å². The van der Waals surface area contributed by atoms with Gasteiger partial charge in [-0.3, -0.25) is 0 Å². The van der Waals surface area contributed by atoms with Crippen LogP contribution in [0.15, 0.2) is 12.2 Å². The predicted octanol–water partition coefficient (Wildman–Crippen LogP) is 1.82. The van der Waals surface area contributed by atoms with Crippen molar-refractivity contribution in [3.8, 4) is 0 Å². The lowest BCUT2D eigenvalue weighted by Crippen LogP contribution is -2.40. The quantitative estimate of drug-likeness (QED) is 0.462. The van der Waals surface area contributed by atoms with E-state index in [1.807, 2.05) is 0 Å². The number of fused-ring (bicyclic) bond motifs is 2. The van der Waals surface area contributed by atoms with E-state index in [0.29, 0.717) is 17.8 Å². The Bertz CT molecular complexity index is 206. The zero-order valence-electron chi connectivity index (χ0n) is 7.91. The van der Waals surface area contributed by atoms with Gasteiger partial charge in [0.15, 0.2) is 5.79 Å². The Morgan fingerprint density at radius 1 is 1.25 bits per heavy atom. The lowest BCUT2D eigenvalue weighted by molar-refractivity contribution is -0.232. The molecular weight excluding hydrogens is 152 g/mol. The second-order valence-corrected chi connectivity index (χ2v) is 3.86. The van der Waals surface area contributed by atoms with E-state index >= 15 is 0 Å². The van der Waals surface area contributed by atoms with Crippen LogP contribution in [0.25, 0.3) is 0 Å². The van der Waals surface area contributed by atoms with Crippen molar-refractivity contribution in [2.75, 3.05) is 14.2 Å². The molecule has 2 aliphatic carbocycles. The van der Waals surface area contributed by atoms with Crippen LogP contribution in [-0.4, -0.2) is 20.0 Å². The van der Waals surface area contributed by atoms with Gasteiger partial charge in [-0.25, -0.2) is 0 Å². The van der Waals surface area contributed by atoms with Crippen molar-refractivity contribution in [1.82, 2.24) is 0 Å². The molecule has 0 aromatic heterocycles. The van der Waals surface area contributed by atoms with Crippen molar-refractivity contribution < 1.29 is 9.47 Å². The summed E-state index contributed by atoms with van der Waals surface area (Å²) in [5.41, 5.74) is 0. The van der Waals surface area contributed by atoms with Gasteiger partial charge in [0.2, 0.25) is 0 Å². The minimum absolute atomic E-state index is 0.334. The van der Waals surface area contributed by atoms with Gasteiger partial charge in [-0.15, -0.1) is 0 Å². The molecule has 0 amide bonds. The molecule has 3 unspecified atom stereocenters. The van der Waals surface area contributed by atoms with Crippen LogP contribution in [0, 0.1) is 17.8 Å². The Hall–Kier alpha value is -0.340. The molecule has 2 nitrogen and oxygen atoms in total. The average Bonchev–Trinajstić information content (AvgIpc) is 2.56. The predicted molar refractivity (Wildman–Crippen MR) is 46.7 cm³/mol. The number of hydrogen-bond acceptors (Lipinski definition) is 2. The molecule has 2 aliphatic rings. The standard InChI is InChI=1S/C10H16O2/c1-7-6-8-4-5-9(7)10(8,11-2)12-3/h4-5,7-9H,6H2,1-3H3. The third kappa shape index (κ3) is 0.771. The Morgan fingerprint density at radius 3 is 2.17 bits per heavy atom. The number of rotatable bonds is 2. The molecule has 0 spiro atoms. The van der Waals surface area contributed by atoms with Crippen LogP contribution < -0.4 is 0 Å². The van der Waals surface area contributed by atoms with Crippen molar-refractivity contribution in [3.63, 3.8) is 0 Å². The fourth-order valence-electron chi connectivity index (χ4n) is 2.80. The molecule has 0 aromatic rings. The first-order valence-corrected chi connectivity index (χ1v) is 4.53.